The minimum atomic E-state index is -2.20. The molecule has 1 fully saturated rings. The molecule has 0 unspecified atom stereocenters. The molecule has 0 bridgehead atoms. The molecular formula is C24H60Cl2Si7. The average Bonchev–Trinajstić information content (AvgIpc) is 2.99. The lowest BCUT2D eigenvalue weighted by atomic mass is 10.2. The van der Waals surface area contributed by atoms with Gasteiger partial charge in [-0.1, -0.05) is 135 Å². The summed E-state index contributed by atoms with van der Waals surface area (Å²) in [7, 11) is -7.23. The Kier molecular flexibility index (Phi) is 8.09. The number of halogens is 2. The Hall–Kier alpha value is 2.10. The summed E-state index contributed by atoms with van der Waals surface area (Å²) in [5.74, 6) is -4.40. The van der Waals surface area contributed by atoms with Crippen LogP contribution >= 0.6 is 22.2 Å². The molecular weight excluding hydrogens is 556 g/mol. The Morgan fingerprint density at radius 1 is 0.364 bits per heavy atom. The minimum absolute atomic E-state index is 0.302. The minimum Gasteiger partial charge on any atom is -0.177 e. The summed E-state index contributed by atoms with van der Waals surface area (Å²) >= 11 is 17.6. The van der Waals surface area contributed by atoms with Gasteiger partial charge in [0.15, 0.2) is 0 Å². The first kappa shape index (κ1) is 33.1. The maximum atomic E-state index is 8.82. The fourth-order valence-electron chi connectivity index (χ4n) is 6.95. The van der Waals surface area contributed by atoms with Crippen LogP contribution in [0.3, 0.4) is 0 Å². The van der Waals surface area contributed by atoms with Gasteiger partial charge in [-0.3, -0.25) is 0 Å². The molecule has 0 N–H and O–H groups in total. The molecule has 1 saturated heterocycles. The van der Waals surface area contributed by atoms with Crippen molar-refractivity contribution in [1.82, 2.24) is 0 Å². The van der Waals surface area contributed by atoms with Crippen LogP contribution in [0.2, 0.25) is 72.5 Å². The number of rotatable bonds is 4. The van der Waals surface area contributed by atoms with E-state index in [0.717, 1.165) is 0 Å². The van der Waals surface area contributed by atoms with Crippen molar-refractivity contribution in [3.63, 3.8) is 0 Å². The first-order valence-corrected chi connectivity index (χ1v) is 40.2. The number of hydrogen-bond acceptors (Lipinski definition) is 0. The first-order valence-electron chi connectivity index (χ1n) is 13.1. The van der Waals surface area contributed by atoms with Crippen molar-refractivity contribution in [2.75, 3.05) is 0 Å². The lowest BCUT2D eigenvalue weighted by Crippen LogP contribution is -2.81. The molecule has 0 aliphatic carbocycles. The topological polar surface area (TPSA) is 0 Å². The van der Waals surface area contributed by atoms with Crippen molar-refractivity contribution < 1.29 is 0 Å². The van der Waals surface area contributed by atoms with Gasteiger partial charge in [0.05, 0.1) is 21.3 Å². The summed E-state index contributed by atoms with van der Waals surface area (Å²) in [5.41, 5.74) is 0. The van der Waals surface area contributed by atoms with Gasteiger partial charge in [-0.15, -0.1) is 0 Å². The maximum Gasteiger partial charge on any atom is 0.138 e. The molecule has 9 heteroatoms. The molecule has 0 radical (unpaired) electrons. The van der Waals surface area contributed by atoms with Gasteiger partial charge in [-0.05, 0) is 20.2 Å². The Labute approximate surface area is 224 Å². The standard InChI is InChI=1S/C24H60Cl2Si7/c1-21(2,3)27(13,14)31(25)32(26,28(15,16)22(4,5)6)33(31,29(17,18)23(7,8)9)30(19,20)24(10,11)12/h1-20H3/t31-,32-/m0/s1. The van der Waals surface area contributed by atoms with E-state index in [0.29, 0.717) is 20.2 Å². The van der Waals surface area contributed by atoms with Crippen LogP contribution in [0, 0.1) is 0 Å². The van der Waals surface area contributed by atoms with Crippen LogP contribution in [-0.4, -0.2) is 48.4 Å². The van der Waals surface area contributed by atoms with E-state index in [1.54, 1.807) is 0 Å². The molecule has 0 saturated carbocycles. The second kappa shape index (κ2) is 8.06. The first-order chi connectivity index (χ1) is 13.8. The predicted molar refractivity (Wildman–Crippen MR) is 178 cm³/mol. The normalized spacial score (nSPS) is 28.2. The highest BCUT2D eigenvalue weighted by molar-refractivity contribution is 8.59. The third kappa shape index (κ3) is 3.58. The van der Waals surface area contributed by atoms with Gasteiger partial charge in [0.1, 0.15) is 11.9 Å². The van der Waals surface area contributed by atoms with Crippen molar-refractivity contribution in [2.45, 2.75) is 156 Å². The van der Waals surface area contributed by atoms with Gasteiger partial charge in [0.2, 0.25) is 0 Å². The number of hydrogen-bond donors (Lipinski definition) is 0. The van der Waals surface area contributed by atoms with Crippen molar-refractivity contribution in [1.29, 1.82) is 0 Å². The van der Waals surface area contributed by atoms with E-state index in [2.05, 4.69) is 135 Å². The van der Waals surface area contributed by atoms with Gasteiger partial charge in [0, 0.05) is 15.2 Å². The average molecular weight is 616 g/mol. The quantitative estimate of drug-likeness (QED) is 0.218. The van der Waals surface area contributed by atoms with Crippen molar-refractivity contribution >= 4 is 70.5 Å². The summed E-state index contributed by atoms with van der Waals surface area (Å²) in [6, 6.07) is 0. The van der Waals surface area contributed by atoms with Crippen LogP contribution in [-0.2, 0) is 0 Å². The lowest BCUT2D eigenvalue weighted by Gasteiger charge is -2.59. The SMILES string of the molecule is CC(C)(C)[Si](C)(C)[Si]1([Si](C)(C)C(C)(C)C)[Si@@](Cl)([Si](C)(C)C(C)(C)C)[Si@]1(Cl)[Si](C)(C)C(C)(C)C. The molecule has 0 spiro atoms. The highest BCUT2D eigenvalue weighted by atomic mass is 35.6. The summed E-state index contributed by atoms with van der Waals surface area (Å²) in [6.07, 6.45) is -1.97. The Morgan fingerprint density at radius 3 is 0.636 bits per heavy atom. The molecule has 0 nitrogen and oxygen atoms in total. The van der Waals surface area contributed by atoms with Gasteiger partial charge in [-0.25, -0.2) is 0 Å². The van der Waals surface area contributed by atoms with E-state index < -0.39 is 48.4 Å². The van der Waals surface area contributed by atoms with Gasteiger partial charge in [-0.2, -0.15) is 22.2 Å². The zero-order chi connectivity index (χ0) is 27.5. The zero-order valence-corrected chi connectivity index (χ0v) is 34.8. The molecule has 0 aromatic carbocycles. The Morgan fingerprint density at radius 2 is 0.515 bits per heavy atom. The smallest absolute Gasteiger partial charge is 0.138 e. The van der Waals surface area contributed by atoms with Gasteiger partial charge < -0.3 is 0 Å². The maximum absolute atomic E-state index is 8.82. The predicted octanol–water partition coefficient (Wildman–Crippen LogP) is 10.4. The molecule has 33 heavy (non-hydrogen) atoms. The molecule has 198 valence electrons. The third-order valence-corrected chi connectivity index (χ3v) is 239. The van der Waals surface area contributed by atoms with Crippen LogP contribution < -0.4 is 0 Å². The van der Waals surface area contributed by atoms with Crippen molar-refractivity contribution in [3.8, 4) is 0 Å². The molecule has 1 heterocycles. The molecule has 2 atom stereocenters. The summed E-state index contributed by atoms with van der Waals surface area (Å²) in [6.45, 7) is 52.8. The van der Waals surface area contributed by atoms with Crippen molar-refractivity contribution in [3.05, 3.63) is 0 Å². The zero-order valence-electron chi connectivity index (χ0n) is 26.3. The second-order valence-corrected chi connectivity index (χ2v) is 105. The molecule has 0 aromatic rings. The van der Waals surface area contributed by atoms with E-state index in [1.807, 2.05) is 0 Å². The van der Waals surface area contributed by atoms with Crippen LogP contribution in [0.1, 0.15) is 83.1 Å². The van der Waals surface area contributed by atoms with Gasteiger partial charge >= 0.3 is 0 Å². The van der Waals surface area contributed by atoms with Crippen LogP contribution in [0.5, 0.6) is 0 Å². The molecule has 0 amide bonds. The summed E-state index contributed by atoms with van der Waals surface area (Å²) in [4.78, 5) is 0. The van der Waals surface area contributed by atoms with Gasteiger partial charge in [0.25, 0.3) is 0 Å². The molecule has 1 aliphatic heterocycles. The highest BCUT2D eigenvalue weighted by Gasteiger charge is 3.05. The lowest BCUT2D eigenvalue weighted by molar-refractivity contribution is 0.726. The largest absolute Gasteiger partial charge is 0.177 e. The highest BCUT2D eigenvalue weighted by Crippen LogP contribution is 2.78. The fraction of sp³-hybridized carbons (Fsp3) is 1.00. The monoisotopic (exact) mass is 614 g/mol. The molecule has 1 rings (SSSR count). The summed E-state index contributed by atoms with van der Waals surface area (Å²) in [5, 5.41) is 1.29. The van der Waals surface area contributed by atoms with E-state index in [4.69, 9.17) is 22.2 Å². The van der Waals surface area contributed by atoms with E-state index in [-0.39, 0.29) is 0 Å². The fourth-order valence-corrected chi connectivity index (χ4v) is 483. The Bertz CT molecular complexity index is 711. The molecule has 0 aromatic heterocycles. The van der Waals surface area contributed by atoms with E-state index in [1.165, 1.54) is 0 Å². The van der Waals surface area contributed by atoms with E-state index >= 15 is 0 Å². The molecule has 1 aliphatic rings. The van der Waals surface area contributed by atoms with Crippen LogP contribution in [0.15, 0.2) is 0 Å². The second-order valence-electron chi connectivity index (χ2n) is 17.6. The summed E-state index contributed by atoms with van der Waals surface area (Å²) < 4.78 is 0. The van der Waals surface area contributed by atoms with Crippen molar-refractivity contribution in [2.24, 2.45) is 0 Å². The third-order valence-electron chi connectivity index (χ3n) is 12.5. The van der Waals surface area contributed by atoms with E-state index in [9.17, 15) is 0 Å². The van der Waals surface area contributed by atoms with Crippen LogP contribution in [0.4, 0.5) is 0 Å². The Balaban J connectivity index is 4.58. The van der Waals surface area contributed by atoms with Crippen LogP contribution in [0.25, 0.3) is 0 Å².